The summed E-state index contributed by atoms with van der Waals surface area (Å²) in [4.78, 5) is 14.7. The number of hydrogen-bond acceptors (Lipinski definition) is 2. The van der Waals surface area contributed by atoms with Crippen molar-refractivity contribution in [1.29, 1.82) is 0 Å². The van der Waals surface area contributed by atoms with Crippen LogP contribution in [0.4, 0.5) is 4.79 Å². The lowest BCUT2D eigenvalue weighted by molar-refractivity contribution is 0.181. The lowest BCUT2D eigenvalue weighted by Crippen LogP contribution is -2.38. The van der Waals surface area contributed by atoms with Gasteiger partial charge in [0.2, 0.25) is 0 Å². The van der Waals surface area contributed by atoms with Gasteiger partial charge in [-0.15, -0.1) is 24.8 Å². The Morgan fingerprint density at radius 3 is 2.31 bits per heavy atom. The van der Waals surface area contributed by atoms with Gasteiger partial charge in [-0.25, -0.2) is 4.79 Å². The monoisotopic (exact) mass is 229 g/mol. The third-order valence-corrected chi connectivity index (χ3v) is 1.88. The number of likely N-dealkylation sites (tertiary alicyclic amines) is 1. The number of halogens is 2. The molecule has 4 nitrogen and oxygen atoms in total. The molecule has 1 atom stereocenters. The van der Waals surface area contributed by atoms with Gasteiger partial charge in [-0.3, -0.25) is 0 Å². The fraction of sp³-hybridized carbons (Fsp3) is 0.857. The van der Waals surface area contributed by atoms with E-state index in [1.54, 1.807) is 23.9 Å². The van der Waals surface area contributed by atoms with E-state index in [1.165, 1.54) is 0 Å². The van der Waals surface area contributed by atoms with E-state index in [9.17, 15) is 4.79 Å². The third kappa shape index (κ3) is 4.02. The molecule has 1 aliphatic rings. The summed E-state index contributed by atoms with van der Waals surface area (Å²) in [7, 11) is 3.51. The molecule has 0 aromatic heterocycles. The van der Waals surface area contributed by atoms with Gasteiger partial charge in [0.25, 0.3) is 0 Å². The SMILES string of the molecule is CN(C)C(=O)N1CC[C@@H](N)C1.Cl.Cl. The second kappa shape index (κ2) is 6.29. The van der Waals surface area contributed by atoms with Crippen LogP contribution in [0.2, 0.25) is 0 Å². The van der Waals surface area contributed by atoms with Crippen LogP contribution in [0.5, 0.6) is 0 Å². The topological polar surface area (TPSA) is 49.6 Å². The largest absolute Gasteiger partial charge is 0.331 e. The first-order valence-corrected chi connectivity index (χ1v) is 3.83. The normalized spacial score (nSPS) is 20.2. The van der Waals surface area contributed by atoms with Crippen molar-refractivity contribution in [2.45, 2.75) is 12.5 Å². The Hall–Kier alpha value is -0.190. The number of urea groups is 1. The van der Waals surface area contributed by atoms with Crippen LogP contribution in [0.3, 0.4) is 0 Å². The predicted molar refractivity (Wildman–Crippen MR) is 57.7 cm³/mol. The second-order valence-corrected chi connectivity index (χ2v) is 3.17. The molecule has 1 aliphatic heterocycles. The lowest BCUT2D eigenvalue weighted by Gasteiger charge is -2.20. The third-order valence-electron chi connectivity index (χ3n) is 1.88. The zero-order valence-corrected chi connectivity index (χ0v) is 9.53. The van der Waals surface area contributed by atoms with E-state index in [0.717, 1.165) is 13.0 Å². The van der Waals surface area contributed by atoms with Crippen LogP contribution in [-0.4, -0.2) is 49.1 Å². The molecule has 0 aliphatic carbocycles. The highest BCUT2D eigenvalue weighted by atomic mass is 35.5. The van der Waals surface area contributed by atoms with Crippen LogP contribution >= 0.6 is 24.8 Å². The van der Waals surface area contributed by atoms with Gasteiger partial charge >= 0.3 is 6.03 Å². The molecule has 0 saturated carbocycles. The highest BCUT2D eigenvalue weighted by molar-refractivity contribution is 5.85. The van der Waals surface area contributed by atoms with E-state index in [-0.39, 0.29) is 36.9 Å². The van der Waals surface area contributed by atoms with Gasteiger partial charge in [-0.1, -0.05) is 0 Å². The number of nitrogens with zero attached hydrogens (tertiary/aromatic N) is 2. The van der Waals surface area contributed by atoms with Crippen molar-refractivity contribution < 1.29 is 4.79 Å². The summed E-state index contributed by atoms with van der Waals surface area (Å²) in [5.41, 5.74) is 5.65. The molecular formula is C7H17Cl2N3O. The van der Waals surface area contributed by atoms with Crippen LogP contribution in [0.15, 0.2) is 0 Å². The first-order valence-electron chi connectivity index (χ1n) is 3.83. The molecule has 2 N–H and O–H groups in total. The Labute approximate surface area is 91.3 Å². The van der Waals surface area contributed by atoms with Gasteiger partial charge < -0.3 is 15.5 Å². The quantitative estimate of drug-likeness (QED) is 0.660. The summed E-state index contributed by atoms with van der Waals surface area (Å²) in [6, 6.07) is 0.247. The van der Waals surface area contributed by atoms with Gasteiger partial charge in [-0.05, 0) is 6.42 Å². The number of nitrogens with two attached hydrogens (primary N) is 1. The molecule has 0 spiro atoms. The Balaban J connectivity index is 0. The van der Waals surface area contributed by atoms with Gasteiger partial charge in [0.15, 0.2) is 0 Å². The van der Waals surface area contributed by atoms with Crippen molar-refractivity contribution in [3.8, 4) is 0 Å². The summed E-state index contributed by atoms with van der Waals surface area (Å²) in [6.45, 7) is 1.51. The Kier molecular flexibility index (Phi) is 7.40. The van der Waals surface area contributed by atoms with E-state index >= 15 is 0 Å². The lowest BCUT2D eigenvalue weighted by atomic mass is 10.3. The van der Waals surface area contributed by atoms with Crippen molar-refractivity contribution in [3.05, 3.63) is 0 Å². The molecule has 1 rings (SSSR count). The number of carbonyl (C=O) groups is 1. The van der Waals surface area contributed by atoms with E-state index in [2.05, 4.69) is 0 Å². The van der Waals surface area contributed by atoms with Crippen molar-refractivity contribution in [3.63, 3.8) is 0 Å². The molecule has 2 amide bonds. The van der Waals surface area contributed by atoms with Gasteiger partial charge in [0.05, 0.1) is 0 Å². The van der Waals surface area contributed by atoms with E-state index < -0.39 is 0 Å². The molecule has 1 saturated heterocycles. The maximum Gasteiger partial charge on any atom is 0.319 e. The second-order valence-electron chi connectivity index (χ2n) is 3.17. The van der Waals surface area contributed by atoms with E-state index in [0.29, 0.717) is 6.54 Å². The van der Waals surface area contributed by atoms with Crippen molar-refractivity contribution >= 4 is 30.8 Å². The Bertz CT molecular complexity index is 166. The van der Waals surface area contributed by atoms with Gasteiger partial charge in [-0.2, -0.15) is 0 Å². The minimum absolute atomic E-state index is 0. The molecule has 1 heterocycles. The summed E-state index contributed by atoms with van der Waals surface area (Å²) < 4.78 is 0. The molecule has 80 valence electrons. The van der Waals surface area contributed by atoms with Crippen LogP contribution in [0, 0.1) is 0 Å². The van der Waals surface area contributed by atoms with Gasteiger partial charge in [0.1, 0.15) is 0 Å². The summed E-state index contributed by atoms with van der Waals surface area (Å²) in [5, 5.41) is 0. The van der Waals surface area contributed by atoms with Crippen LogP contribution in [-0.2, 0) is 0 Å². The number of amides is 2. The molecular weight excluding hydrogens is 213 g/mol. The van der Waals surface area contributed by atoms with Crippen molar-refractivity contribution in [1.82, 2.24) is 9.80 Å². The van der Waals surface area contributed by atoms with Crippen LogP contribution in [0.25, 0.3) is 0 Å². The molecule has 0 unspecified atom stereocenters. The molecule has 13 heavy (non-hydrogen) atoms. The number of hydrogen-bond donors (Lipinski definition) is 1. The fourth-order valence-electron chi connectivity index (χ4n) is 1.24. The fourth-order valence-corrected chi connectivity index (χ4v) is 1.24. The van der Waals surface area contributed by atoms with Crippen LogP contribution in [0.1, 0.15) is 6.42 Å². The minimum atomic E-state index is 0. The van der Waals surface area contributed by atoms with E-state index in [1.807, 2.05) is 0 Å². The highest BCUT2D eigenvalue weighted by Crippen LogP contribution is 2.07. The first-order chi connectivity index (χ1) is 5.11. The van der Waals surface area contributed by atoms with Crippen molar-refractivity contribution in [2.75, 3.05) is 27.2 Å². The first kappa shape index (κ1) is 15.3. The van der Waals surface area contributed by atoms with Crippen molar-refractivity contribution in [2.24, 2.45) is 5.73 Å². The molecule has 0 radical (unpaired) electrons. The smallest absolute Gasteiger partial charge is 0.319 e. The number of carbonyl (C=O) groups excluding carboxylic acids is 1. The maximum atomic E-state index is 11.3. The van der Waals surface area contributed by atoms with Gasteiger partial charge in [0, 0.05) is 33.2 Å². The molecule has 0 aromatic carbocycles. The zero-order valence-electron chi connectivity index (χ0n) is 7.90. The molecule has 1 fully saturated rings. The maximum absolute atomic E-state index is 11.3. The molecule has 0 bridgehead atoms. The zero-order chi connectivity index (χ0) is 8.43. The predicted octanol–water partition coefficient (Wildman–Crippen LogP) is 0.545. The summed E-state index contributed by atoms with van der Waals surface area (Å²) >= 11 is 0. The molecule has 0 aromatic rings. The Morgan fingerprint density at radius 2 is 2.00 bits per heavy atom. The Morgan fingerprint density at radius 1 is 1.46 bits per heavy atom. The average molecular weight is 230 g/mol. The summed E-state index contributed by atoms with van der Waals surface area (Å²) in [6.07, 6.45) is 0.930. The van der Waals surface area contributed by atoms with Crippen LogP contribution < -0.4 is 5.73 Å². The number of rotatable bonds is 0. The summed E-state index contributed by atoms with van der Waals surface area (Å²) in [5.74, 6) is 0. The standard InChI is InChI=1S/C7H15N3O.2ClH/c1-9(2)7(11)10-4-3-6(8)5-10;;/h6H,3-5,8H2,1-2H3;2*1H/t6-;;/m1../s1. The minimum Gasteiger partial charge on any atom is -0.331 e. The molecule has 6 heteroatoms. The average Bonchev–Trinajstić information content (AvgIpc) is 2.34. The highest BCUT2D eigenvalue weighted by Gasteiger charge is 2.24. The van der Waals surface area contributed by atoms with E-state index in [4.69, 9.17) is 5.73 Å².